The molecule has 0 amide bonds. The normalized spacial score (nSPS) is 18.4. The SMILES string of the molecule is CN=C(NCc1c(O)ccc2c1CCCC2)N1CCC(c2ncn[nH]2)CC1. The van der Waals surface area contributed by atoms with Crippen molar-refractivity contribution < 1.29 is 5.11 Å². The summed E-state index contributed by atoms with van der Waals surface area (Å²) in [5.41, 5.74) is 3.75. The van der Waals surface area contributed by atoms with Gasteiger partial charge in [0, 0.05) is 38.2 Å². The number of benzene rings is 1. The van der Waals surface area contributed by atoms with E-state index >= 15 is 0 Å². The molecule has 0 unspecified atom stereocenters. The van der Waals surface area contributed by atoms with Crippen LogP contribution in [0, 0.1) is 0 Å². The van der Waals surface area contributed by atoms with Crippen molar-refractivity contribution >= 4 is 5.96 Å². The molecule has 3 N–H and O–H groups in total. The van der Waals surface area contributed by atoms with E-state index in [1.807, 2.05) is 13.1 Å². The molecular weight excluding hydrogens is 340 g/mol. The maximum atomic E-state index is 10.4. The average Bonchev–Trinajstić information content (AvgIpc) is 3.25. The molecule has 27 heavy (non-hydrogen) atoms. The van der Waals surface area contributed by atoms with E-state index in [2.05, 4.69) is 36.5 Å². The molecule has 1 aromatic heterocycles. The second-order valence-corrected chi connectivity index (χ2v) is 7.44. The highest BCUT2D eigenvalue weighted by molar-refractivity contribution is 5.80. The first-order chi connectivity index (χ1) is 13.3. The van der Waals surface area contributed by atoms with E-state index in [0.717, 1.165) is 56.1 Å². The summed E-state index contributed by atoms with van der Waals surface area (Å²) in [5.74, 6) is 2.71. The number of aromatic nitrogens is 3. The number of piperidine rings is 1. The summed E-state index contributed by atoms with van der Waals surface area (Å²) in [5, 5.41) is 20.8. The highest BCUT2D eigenvalue weighted by atomic mass is 16.3. The van der Waals surface area contributed by atoms with Crippen LogP contribution in [0.15, 0.2) is 23.5 Å². The van der Waals surface area contributed by atoms with Crippen molar-refractivity contribution in [2.75, 3.05) is 20.1 Å². The van der Waals surface area contributed by atoms with E-state index in [1.165, 1.54) is 24.0 Å². The Hall–Kier alpha value is -2.57. The maximum Gasteiger partial charge on any atom is 0.193 e. The maximum absolute atomic E-state index is 10.4. The molecule has 0 bridgehead atoms. The summed E-state index contributed by atoms with van der Waals surface area (Å²) in [4.78, 5) is 11.1. The highest BCUT2D eigenvalue weighted by Crippen LogP contribution is 2.30. The van der Waals surface area contributed by atoms with E-state index in [1.54, 1.807) is 6.33 Å². The number of hydrogen-bond donors (Lipinski definition) is 3. The molecule has 4 rings (SSSR count). The topological polar surface area (TPSA) is 89.4 Å². The second kappa shape index (κ2) is 7.98. The van der Waals surface area contributed by atoms with Crippen molar-refractivity contribution in [1.29, 1.82) is 0 Å². The molecule has 144 valence electrons. The number of aryl methyl sites for hydroxylation is 1. The standard InChI is InChI=1S/C20H28N6O/c1-21-20(26-10-8-15(9-11-26)19-23-13-24-25-19)22-12-17-16-5-3-2-4-14(16)6-7-18(17)27/h6-7,13,15,27H,2-5,8-12H2,1H3,(H,21,22)(H,23,24,25). The molecular formula is C20H28N6O. The van der Waals surface area contributed by atoms with Crippen LogP contribution in [-0.2, 0) is 19.4 Å². The molecule has 1 aliphatic carbocycles. The monoisotopic (exact) mass is 368 g/mol. The van der Waals surface area contributed by atoms with Crippen LogP contribution in [0.4, 0.5) is 0 Å². The number of aromatic hydroxyl groups is 1. The molecule has 0 spiro atoms. The molecule has 2 aromatic rings. The summed E-state index contributed by atoms with van der Waals surface area (Å²) in [6, 6.07) is 3.92. The molecule has 1 saturated heterocycles. The number of H-pyrrole nitrogens is 1. The van der Waals surface area contributed by atoms with E-state index in [9.17, 15) is 5.11 Å². The van der Waals surface area contributed by atoms with Crippen LogP contribution in [-0.4, -0.2) is 51.3 Å². The first-order valence-electron chi connectivity index (χ1n) is 9.89. The van der Waals surface area contributed by atoms with Gasteiger partial charge in [-0.25, -0.2) is 4.98 Å². The van der Waals surface area contributed by atoms with Crippen molar-refractivity contribution in [3.8, 4) is 5.75 Å². The Morgan fingerprint density at radius 3 is 2.85 bits per heavy atom. The van der Waals surface area contributed by atoms with Gasteiger partial charge in [0.25, 0.3) is 0 Å². The smallest absolute Gasteiger partial charge is 0.193 e. The molecule has 1 aliphatic heterocycles. The fraction of sp³-hybridized carbons (Fsp3) is 0.550. The molecule has 1 aromatic carbocycles. The van der Waals surface area contributed by atoms with Crippen LogP contribution in [0.25, 0.3) is 0 Å². The number of phenolic OH excluding ortho intramolecular Hbond substituents is 1. The van der Waals surface area contributed by atoms with Crippen LogP contribution >= 0.6 is 0 Å². The molecule has 0 atom stereocenters. The third-order valence-electron chi connectivity index (χ3n) is 5.88. The first kappa shape index (κ1) is 17.8. The Bertz CT molecular complexity index is 793. The van der Waals surface area contributed by atoms with Gasteiger partial charge in [0.1, 0.15) is 17.9 Å². The van der Waals surface area contributed by atoms with Crippen molar-refractivity contribution in [3.63, 3.8) is 0 Å². The van der Waals surface area contributed by atoms with Gasteiger partial charge in [-0.15, -0.1) is 0 Å². The summed E-state index contributed by atoms with van der Waals surface area (Å²) in [6.07, 6.45) is 8.26. The predicted octanol–water partition coefficient (Wildman–Crippen LogP) is 2.34. The predicted molar refractivity (Wildman–Crippen MR) is 105 cm³/mol. The summed E-state index contributed by atoms with van der Waals surface area (Å²) < 4.78 is 0. The number of rotatable bonds is 3. The van der Waals surface area contributed by atoms with E-state index in [0.29, 0.717) is 18.2 Å². The minimum absolute atomic E-state index is 0.391. The van der Waals surface area contributed by atoms with Crippen LogP contribution < -0.4 is 5.32 Å². The van der Waals surface area contributed by atoms with Gasteiger partial charge < -0.3 is 15.3 Å². The lowest BCUT2D eigenvalue weighted by Gasteiger charge is -2.33. The van der Waals surface area contributed by atoms with Crippen LogP contribution in [0.1, 0.15) is 54.1 Å². The van der Waals surface area contributed by atoms with Gasteiger partial charge in [-0.05, 0) is 55.7 Å². The lowest BCUT2D eigenvalue weighted by molar-refractivity contribution is 0.298. The van der Waals surface area contributed by atoms with Gasteiger partial charge in [0.05, 0.1) is 0 Å². The third kappa shape index (κ3) is 3.77. The number of guanidine groups is 1. The number of nitrogens with zero attached hydrogens (tertiary/aromatic N) is 4. The van der Waals surface area contributed by atoms with Crippen molar-refractivity contribution in [2.24, 2.45) is 4.99 Å². The molecule has 7 nitrogen and oxygen atoms in total. The number of fused-ring (bicyclic) bond motifs is 1. The molecule has 0 saturated carbocycles. The highest BCUT2D eigenvalue weighted by Gasteiger charge is 2.25. The van der Waals surface area contributed by atoms with Crippen LogP contribution in [0.2, 0.25) is 0 Å². The van der Waals surface area contributed by atoms with Gasteiger partial charge >= 0.3 is 0 Å². The zero-order valence-electron chi connectivity index (χ0n) is 15.9. The van der Waals surface area contributed by atoms with Crippen LogP contribution in [0.5, 0.6) is 5.75 Å². The summed E-state index contributed by atoms with van der Waals surface area (Å²) in [6.45, 7) is 2.48. The fourth-order valence-electron chi connectivity index (χ4n) is 4.37. The minimum atomic E-state index is 0.391. The lowest BCUT2D eigenvalue weighted by Crippen LogP contribution is -2.45. The van der Waals surface area contributed by atoms with Gasteiger partial charge in [0.15, 0.2) is 5.96 Å². The number of aliphatic imine (C=N–C) groups is 1. The summed E-state index contributed by atoms with van der Waals surface area (Å²) >= 11 is 0. The second-order valence-electron chi connectivity index (χ2n) is 7.44. The van der Waals surface area contributed by atoms with Crippen molar-refractivity contribution in [3.05, 3.63) is 41.0 Å². The number of phenols is 1. The van der Waals surface area contributed by atoms with Crippen LogP contribution in [0.3, 0.4) is 0 Å². The fourth-order valence-corrected chi connectivity index (χ4v) is 4.37. The van der Waals surface area contributed by atoms with Crippen molar-refractivity contribution in [2.45, 2.75) is 51.0 Å². The zero-order valence-corrected chi connectivity index (χ0v) is 15.9. The average molecular weight is 368 g/mol. The van der Waals surface area contributed by atoms with E-state index < -0.39 is 0 Å². The molecule has 0 radical (unpaired) electrons. The zero-order chi connectivity index (χ0) is 18.6. The van der Waals surface area contributed by atoms with E-state index in [-0.39, 0.29) is 0 Å². The Kier molecular flexibility index (Phi) is 5.27. The number of hydrogen-bond acceptors (Lipinski definition) is 4. The van der Waals surface area contributed by atoms with E-state index in [4.69, 9.17) is 0 Å². The minimum Gasteiger partial charge on any atom is -0.508 e. The molecule has 2 aliphatic rings. The lowest BCUT2D eigenvalue weighted by atomic mass is 9.88. The Morgan fingerprint density at radius 1 is 1.30 bits per heavy atom. The Balaban J connectivity index is 1.39. The van der Waals surface area contributed by atoms with Gasteiger partial charge in [-0.2, -0.15) is 5.10 Å². The summed E-state index contributed by atoms with van der Waals surface area (Å²) in [7, 11) is 1.82. The largest absolute Gasteiger partial charge is 0.508 e. The van der Waals surface area contributed by atoms with Crippen molar-refractivity contribution in [1.82, 2.24) is 25.4 Å². The number of nitrogens with one attached hydrogen (secondary N) is 2. The Morgan fingerprint density at radius 2 is 2.11 bits per heavy atom. The molecule has 2 heterocycles. The number of likely N-dealkylation sites (tertiary alicyclic amines) is 1. The first-order valence-corrected chi connectivity index (χ1v) is 9.89. The number of aromatic amines is 1. The van der Waals surface area contributed by atoms with Gasteiger partial charge in [-0.3, -0.25) is 10.1 Å². The van der Waals surface area contributed by atoms with Gasteiger partial charge in [-0.1, -0.05) is 6.07 Å². The third-order valence-corrected chi connectivity index (χ3v) is 5.88. The Labute approximate surface area is 159 Å². The van der Waals surface area contributed by atoms with Gasteiger partial charge in [0.2, 0.25) is 0 Å². The molecule has 1 fully saturated rings. The quantitative estimate of drug-likeness (QED) is 0.572. The molecule has 7 heteroatoms.